The van der Waals surface area contributed by atoms with E-state index in [2.05, 4.69) is 26.6 Å². The molecular weight excluding hydrogens is 272 g/mol. The Kier molecular flexibility index (Phi) is 3.46. The predicted octanol–water partition coefficient (Wildman–Crippen LogP) is 1.51. The smallest absolute Gasteiger partial charge is 0.329 e. The summed E-state index contributed by atoms with van der Waals surface area (Å²) in [5.74, 6) is -0.247. The molecule has 2 rings (SSSR count). The molecule has 1 aliphatic heterocycles. The van der Waals surface area contributed by atoms with Crippen LogP contribution >= 0.6 is 15.9 Å². The second-order valence-electron chi connectivity index (χ2n) is 3.65. The molecule has 0 aromatic heterocycles. The zero-order valence-electron chi connectivity index (χ0n) is 8.92. The van der Waals surface area contributed by atoms with Crippen LogP contribution < -0.4 is 10.6 Å². The van der Waals surface area contributed by atoms with Crippen LogP contribution in [0.1, 0.15) is 5.56 Å². The van der Waals surface area contributed by atoms with Crippen molar-refractivity contribution in [2.75, 3.05) is 19.0 Å². The SMILES string of the molecule is COC(=O)[C@@H]1CNCc2cc(Br)ccc2N1. The lowest BCUT2D eigenvalue weighted by molar-refractivity contribution is -0.141. The van der Waals surface area contributed by atoms with Gasteiger partial charge in [0, 0.05) is 23.2 Å². The Balaban J connectivity index is 2.24. The number of ether oxygens (including phenoxy) is 1. The molecule has 1 aromatic carbocycles. The Hall–Kier alpha value is -1.07. The third-order valence-electron chi connectivity index (χ3n) is 2.55. The highest BCUT2D eigenvalue weighted by molar-refractivity contribution is 9.10. The molecule has 5 heteroatoms. The number of methoxy groups -OCH3 is 1. The van der Waals surface area contributed by atoms with Gasteiger partial charge in [0.15, 0.2) is 0 Å². The molecule has 2 N–H and O–H groups in total. The molecule has 0 aliphatic carbocycles. The summed E-state index contributed by atoms with van der Waals surface area (Å²) in [6, 6.07) is 5.62. The highest BCUT2D eigenvalue weighted by atomic mass is 79.9. The van der Waals surface area contributed by atoms with Gasteiger partial charge in [-0.1, -0.05) is 15.9 Å². The summed E-state index contributed by atoms with van der Waals surface area (Å²) in [6.07, 6.45) is 0. The van der Waals surface area contributed by atoms with Gasteiger partial charge in [0.1, 0.15) is 6.04 Å². The number of carbonyl (C=O) groups is 1. The van der Waals surface area contributed by atoms with E-state index >= 15 is 0 Å². The van der Waals surface area contributed by atoms with Crippen molar-refractivity contribution < 1.29 is 9.53 Å². The van der Waals surface area contributed by atoms with E-state index in [1.165, 1.54) is 7.11 Å². The lowest BCUT2D eigenvalue weighted by Gasteiger charge is -2.15. The van der Waals surface area contributed by atoms with Gasteiger partial charge < -0.3 is 15.4 Å². The number of hydrogen-bond acceptors (Lipinski definition) is 4. The fraction of sp³-hybridized carbons (Fsp3) is 0.364. The van der Waals surface area contributed by atoms with Crippen molar-refractivity contribution in [2.45, 2.75) is 12.6 Å². The molecule has 0 unspecified atom stereocenters. The first-order valence-electron chi connectivity index (χ1n) is 5.04. The Morgan fingerprint density at radius 2 is 2.38 bits per heavy atom. The van der Waals surface area contributed by atoms with Gasteiger partial charge >= 0.3 is 5.97 Å². The molecule has 0 fully saturated rings. The van der Waals surface area contributed by atoms with Crippen LogP contribution in [0.25, 0.3) is 0 Å². The molecule has 0 bridgehead atoms. The Morgan fingerprint density at radius 1 is 1.56 bits per heavy atom. The third kappa shape index (κ3) is 2.36. The summed E-state index contributed by atoms with van der Waals surface area (Å²) in [5.41, 5.74) is 2.12. The maximum atomic E-state index is 11.5. The van der Waals surface area contributed by atoms with E-state index in [1.54, 1.807) is 0 Å². The van der Waals surface area contributed by atoms with Gasteiger partial charge in [0.2, 0.25) is 0 Å². The minimum atomic E-state index is -0.326. The normalized spacial score (nSPS) is 19.2. The van der Waals surface area contributed by atoms with E-state index in [9.17, 15) is 4.79 Å². The van der Waals surface area contributed by atoms with Crippen LogP contribution in [0.5, 0.6) is 0 Å². The second kappa shape index (κ2) is 4.84. The van der Waals surface area contributed by atoms with Gasteiger partial charge in [0.25, 0.3) is 0 Å². The fourth-order valence-corrected chi connectivity index (χ4v) is 2.13. The van der Waals surface area contributed by atoms with E-state index < -0.39 is 0 Å². The number of rotatable bonds is 1. The maximum absolute atomic E-state index is 11.5. The number of esters is 1. The van der Waals surface area contributed by atoms with Crippen LogP contribution in [-0.4, -0.2) is 25.7 Å². The average Bonchev–Trinajstić information content (AvgIpc) is 2.49. The molecule has 1 heterocycles. The van der Waals surface area contributed by atoms with Crippen LogP contribution in [0.4, 0.5) is 5.69 Å². The lowest BCUT2D eigenvalue weighted by atomic mass is 10.2. The number of hydrogen-bond donors (Lipinski definition) is 2. The zero-order valence-corrected chi connectivity index (χ0v) is 10.5. The fourth-order valence-electron chi connectivity index (χ4n) is 1.72. The standard InChI is InChI=1S/C11H13BrN2O2/c1-16-11(15)10-6-13-5-7-4-8(12)2-3-9(7)14-10/h2-4,10,13-14H,5-6H2,1H3/t10-/m0/s1. The molecule has 0 spiro atoms. The van der Waals surface area contributed by atoms with Crippen molar-refractivity contribution in [1.82, 2.24) is 5.32 Å². The molecule has 86 valence electrons. The number of carbonyl (C=O) groups excluding carboxylic acids is 1. The molecule has 0 saturated heterocycles. The molecule has 1 aliphatic rings. The summed E-state index contributed by atoms with van der Waals surface area (Å²) in [6.45, 7) is 1.31. The number of benzene rings is 1. The minimum Gasteiger partial charge on any atom is -0.467 e. The van der Waals surface area contributed by atoms with Crippen LogP contribution in [0.3, 0.4) is 0 Å². The Labute approximate surface area is 102 Å². The van der Waals surface area contributed by atoms with Crippen molar-refractivity contribution >= 4 is 27.6 Å². The predicted molar refractivity (Wildman–Crippen MR) is 65.3 cm³/mol. The first kappa shape index (κ1) is 11.4. The topological polar surface area (TPSA) is 50.4 Å². The van der Waals surface area contributed by atoms with Gasteiger partial charge in [-0.05, 0) is 23.8 Å². The summed E-state index contributed by atoms with van der Waals surface area (Å²) in [7, 11) is 1.40. The zero-order chi connectivity index (χ0) is 11.5. The molecular formula is C11H13BrN2O2. The number of halogens is 1. The summed E-state index contributed by atoms with van der Waals surface area (Å²) >= 11 is 3.43. The van der Waals surface area contributed by atoms with Crippen LogP contribution in [0, 0.1) is 0 Å². The number of fused-ring (bicyclic) bond motifs is 1. The van der Waals surface area contributed by atoms with Gasteiger partial charge in [0.05, 0.1) is 7.11 Å². The van der Waals surface area contributed by atoms with Crippen molar-refractivity contribution in [2.24, 2.45) is 0 Å². The molecule has 0 radical (unpaired) electrons. The first-order valence-corrected chi connectivity index (χ1v) is 5.83. The minimum absolute atomic E-state index is 0.247. The van der Waals surface area contributed by atoms with Crippen LogP contribution in [0.2, 0.25) is 0 Å². The number of anilines is 1. The first-order chi connectivity index (χ1) is 7.70. The molecule has 0 amide bonds. The van der Waals surface area contributed by atoms with Crippen molar-refractivity contribution in [3.8, 4) is 0 Å². The van der Waals surface area contributed by atoms with Gasteiger partial charge in [-0.2, -0.15) is 0 Å². The molecule has 1 aromatic rings. The summed E-state index contributed by atoms with van der Waals surface area (Å²) < 4.78 is 5.77. The number of nitrogens with one attached hydrogen (secondary N) is 2. The van der Waals surface area contributed by atoms with Crippen molar-refractivity contribution in [3.05, 3.63) is 28.2 Å². The molecule has 16 heavy (non-hydrogen) atoms. The molecule has 1 atom stereocenters. The largest absolute Gasteiger partial charge is 0.467 e. The van der Waals surface area contributed by atoms with E-state index in [0.29, 0.717) is 6.54 Å². The van der Waals surface area contributed by atoms with Gasteiger partial charge in [-0.3, -0.25) is 0 Å². The van der Waals surface area contributed by atoms with Crippen molar-refractivity contribution in [3.63, 3.8) is 0 Å². The Morgan fingerprint density at radius 3 is 3.12 bits per heavy atom. The van der Waals surface area contributed by atoms with E-state index in [0.717, 1.165) is 22.3 Å². The van der Waals surface area contributed by atoms with E-state index in [4.69, 9.17) is 4.74 Å². The van der Waals surface area contributed by atoms with Crippen LogP contribution in [-0.2, 0) is 16.1 Å². The monoisotopic (exact) mass is 284 g/mol. The van der Waals surface area contributed by atoms with Gasteiger partial charge in [-0.15, -0.1) is 0 Å². The maximum Gasteiger partial charge on any atom is 0.329 e. The molecule has 0 saturated carbocycles. The van der Waals surface area contributed by atoms with Crippen LogP contribution in [0.15, 0.2) is 22.7 Å². The third-order valence-corrected chi connectivity index (χ3v) is 3.04. The Bertz CT molecular complexity index is 409. The highest BCUT2D eigenvalue weighted by Gasteiger charge is 2.22. The summed E-state index contributed by atoms with van der Waals surface area (Å²) in [4.78, 5) is 11.5. The highest BCUT2D eigenvalue weighted by Crippen LogP contribution is 2.23. The quantitative estimate of drug-likeness (QED) is 0.768. The lowest BCUT2D eigenvalue weighted by Crippen LogP contribution is -2.37. The molecule has 4 nitrogen and oxygen atoms in total. The average molecular weight is 285 g/mol. The van der Waals surface area contributed by atoms with Crippen molar-refractivity contribution in [1.29, 1.82) is 0 Å². The van der Waals surface area contributed by atoms with E-state index in [-0.39, 0.29) is 12.0 Å². The van der Waals surface area contributed by atoms with E-state index in [1.807, 2.05) is 18.2 Å². The second-order valence-corrected chi connectivity index (χ2v) is 4.57. The summed E-state index contributed by atoms with van der Waals surface area (Å²) in [5, 5.41) is 6.39. The van der Waals surface area contributed by atoms with Gasteiger partial charge in [-0.25, -0.2) is 4.79 Å².